The van der Waals surface area contributed by atoms with Crippen LogP contribution in [0.25, 0.3) is 0 Å². The van der Waals surface area contributed by atoms with E-state index >= 15 is 0 Å². The lowest BCUT2D eigenvalue weighted by Crippen LogP contribution is -2.47. The molecule has 108 valence electrons. The molecule has 0 fully saturated rings. The number of rotatable bonds is 6. The zero-order chi connectivity index (χ0) is 13.6. The summed E-state index contributed by atoms with van der Waals surface area (Å²) < 4.78 is 0. The van der Waals surface area contributed by atoms with E-state index in [4.69, 9.17) is 5.73 Å². The molecular weight excluding hydrogens is 260 g/mol. The van der Waals surface area contributed by atoms with Crippen LogP contribution in [0.5, 0.6) is 0 Å². The van der Waals surface area contributed by atoms with Gasteiger partial charge in [0.2, 0.25) is 0 Å². The molecule has 0 bridgehead atoms. The number of amides is 1. The Bertz CT molecular complexity index is 377. The average Bonchev–Trinajstić information content (AvgIpc) is 2.45. The highest BCUT2D eigenvalue weighted by Crippen LogP contribution is 2.20. The van der Waals surface area contributed by atoms with Crippen LogP contribution < -0.4 is 11.1 Å². The second-order valence-electron chi connectivity index (χ2n) is 4.70. The molecule has 0 saturated carbocycles. The summed E-state index contributed by atoms with van der Waals surface area (Å²) in [5.74, 6) is 0.00382. The fourth-order valence-electron chi connectivity index (χ4n) is 2.12. The van der Waals surface area contributed by atoms with Gasteiger partial charge in [0, 0.05) is 17.6 Å². The van der Waals surface area contributed by atoms with Crippen molar-refractivity contribution in [2.24, 2.45) is 5.73 Å². The van der Waals surface area contributed by atoms with E-state index in [9.17, 15) is 4.79 Å². The minimum absolute atomic E-state index is 0. The van der Waals surface area contributed by atoms with E-state index in [0.717, 1.165) is 24.8 Å². The minimum atomic E-state index is -0.0797. The van der Waals surface area contributed by atoms with Crippen molar-refractivity contribution in [3.8, 4) is 0 Å². The zero-order valence-corrected chi connectivity index (χ0v) is 12.8. The van der Waals surface area contributed by atoms with Crippen LogP contribution in [0.1, 0.15) is 56.0 Å². The van der Waals surface area contributed by atoms with Crippen molar-refractivity contribution in [3.63, 3.8) is 0 Å². The quantitative estimate of drug-likeness (QED) is 0.842. The average molecular weight is 285 g/mol. The lowest BCUT2D eigenvalue weighted by atomic mass is 9.89. The number of carbonyl (C=O) groups excluding carboxylic acids is 1. The number of hydrogen-bond donors (Lipinski definition) is 2. The van der Waals surface area contributed by atoms with Crippen LogP contribution in [0.3, 0.4) is 0 Å². The molecule has 0 heterocycles. The van der Waals surface area contributed by atoms with E-state index in [0.29, 0.717) is 12.1 Å². The molecule has 0 aliphatic heterocycles. The fourth-order valence-corrected chi connectivity index (χ4v) is 2.12. The molecule has 0 aromatic heterocycles. The third-order valence-corrected chi connectivity index (χ3v) is 3.86. The van der Waals surface area contributed by atoms with Crippen molar-refractivity contribution in [3.05, 3.63) is 35.4 Å². The monoisotopic (exact) mass is 284 g/mol. The van der Waals surface area contributed by atoms with Crippen molar-refractivity contribution < 1.29 is 4.79 Å². The van der Waals surface area contributed by atoms with Crippen molar-refractivity contribution in [1.29, 1.82) is 0 Å². The Hall–Kier alpha value is -1.06. The highest BCUT2D eigenvalue weighted by Gasteiger charge is 2.26. The summed E-state index contributed by atoms with van der Waals surface area (Å²) in [5.41, 5.74) is 7.20. The predicted octanol–water partition coefficient (Wildman–Crippen LogP) is 3.27. The van der Waals surface area contributed by atoms with E-state index in [1.807, 2.05) is 24.3 Å². The summed E-state index contributed by atoms with van der Waals surface area (Å²) >= 11 is 0. The van der Waals surface area contributed by atoms with Crippen molar-refractivity contribution in [2.45, 2.75) is 52.1 Å². The highest BCUT2D eigenvalue weighted by molar-refractivity contribution is 5.94. The molecule has 1 amide bonds. The van der Waals surface area contributed by atoms with E-state index in [1.54, 1.807) is 0 Å². The van der Waals surface area contributed by atoms with Crippen LogP contribution in [0.4, 0.5) is 0 Å². The van der Waals surface area contributed by atoms with E-state index in [1.165, 1.54) is 0 Å². The van der Waals surface area contributed by atoms with Crippen LogP contribution in [0.15, 0.2) is 24.3 Å². The van der Waals surface area contributed by atoms with Crippen LogP contribution >= 0.6 is 12.4 Å². The largest absolute Gasteiger partial charge is 0.347 e. The maximum absolute atomic E-state index is 12.2. The highest BCUT2D eigenvalue weighted by atomic mass is 35.5. The Morgan fingerprint density at radius 2 is 1.58 bits per heavy atom. The Balaban J connectivity index is 0.00000324. The molecule has 1 aromatic carbocycles. The number of halogens is 1. The minimum Gasteiger partial charge on any atom is -0.347 e. The molecule has 19 heavy (non-hydrogen) atoms. The summed E-state index contributed by atoms with van der Waals surface area (Å²) in [6.45, 7) is 6.85. The first kappa shape index (κ1) is 17.9. The first-order chi connectivity index (χ1) is 8.60. The van der Waals surface area contributed by atoms with Crippen LogP contribution in [0.2, 0.25) is 0 Å². The first-order valence-corrected chi connectivity index (χ1v) is 6.72. The number of benzene rings is 1. The van der Waals surface area contributed by atoms with E-state index in [2.05, 4.69) is 26.1 Å². The molecule has 4 heteroatoms. The molecule has 3 nitrogen and oxygen atoms in total. The maximum Gasteiger partial charge on any atom is 0.251 e. The van der Waals surface area contributed by atoms with Crippen molar-refractivity contribution in [2.75, 3.05) is 0 Å². The summed E-state index contributed by atoms with van der Waals surface area (Å²) in [6.07, 6.45) is 2.85. The zero-order valence-electron chi connectivity index (χ0n) is 12.0. The van der Waals surface area contributed by atoms with E-state index in [-0.39, 0.29) is 23.9 Å². The Morgan fingerprint density at radius 1 is 1.11 bits per heavy atom. The molecule has 1 rings (SSSR count). The SMILES string of the molecule is CCC(CC)(CC)NC(=O)c1ccc(CN)cc1.Cl. The smallest absolute Gasteiger partial charge is 0.251 e. The molecule has 0 spiro atoms. The van der Waals surface area contributed by atoms with Gasteiger partial charge in [-0.2, -0.15) is 0 Å². The molecule has 0 aliphatic rings. The molecule has 3 N–H and O–H groups in total. The van der Waals surface area contributed by atoms with Crippen molar-refractivity contribution >= 4 is 18.3 Å². The summed E-state index contributed by atoms with van der Waals surface area (Å²) in [5, 5.41) is 3.16. The molecule has 1 aromatic rings. The Labute approximate surface area is 122 Å². The topological polar surface area (TPSA) is 55.1 Å². The number of nitrogens with two attached hydrogens (primary N) is 1. The van der Waals surface area contributed by atoms with Gasteiger partial charge in [-0.3, -0.25) is 4.79 Å². The summed E-state index contributed by atoms with van der Waals surface area (Å²) in [7, 11) is 0. The predicted molar refractivity (Wildman–Crippen MR) is 82.7 cm³/mol. The third kappa shape index (κ3) is 4.51. The van der Waals surface area contributed by atoms with Gasteiger partial charge < -0.3 is 11.1 Å². The molecule has 0 atom stereocenters. The molecule has 0 saturated heterocycles. The molecular formula is C15H25ClN2O. The molecule has 0 radical (unpaired) electrons. The van der Waals surface area contributed by atoms with Gasteiger partial charge in [-0.1, -0.05) is 32.9 Å². The Morgan fingerprint density at radius 3 is 1.95 bits per heavy atom. The van der Waals surface area contributed by atoms with Gasteiger partial charge >= 0.3 is 0 Å². The van der Waals surface area contributed by atoms with Crippen molar-refractivity contribution in [1.82, 2.24) is 5.32 Å². The molecule has 0 unspecified atom stereocenters. The summed E-state index contributed by atoms with van der Waals surface area (Å²) in [6, 6.07) is 7.48. The van der Waals surface area contributed by atoms with Crippen LogP contribution in [0, 0.1) is 0 Å². The van der Waals surface area contributed by atoms with Crippen LogP contribution in [-0.4, -0.2) is 11.4 Å². The lowest BCUT2D eigenvalue weighted by Gasteiger charge is -2.31. The van der Waals surface area contributed by atoms with Gasteiger partial charge in [-0.15, -0.1) is 12.4 Å². The molecule has 0 aliphatic carbocycles. The van der Waals surface area contributed by atoms with Gasteiger partial charge in [0.1, 0.15) is 0 Å². The number of hydrogen-bond acceptors (Lipinski definition) is 2. The Kier molecular flexibility index (Phi) is 7.72. The lowest BCUT2D eigenvalue weighted by molar-refractivity contribution is 0.0888. The van der Waals surface area contributed by atoms with Crippen LogP contribution in [-0.2, 0) is 6.54 Å². The number of nitrogens with one attached hydrogen (secondary N) is 1. The summed E-state index contributed by atoms with van der Waals surface area (Å²) in [4.78, 5) is 12.2. The normalized spacial score (nSPS) is 10.7. The number of carbonyl (C=O) groups is 1. The third-order valence-electron chi connectivity index (χ3n) is 3.86. The van der Waals surface area contributed by atoms with Gasteiger partial charge in [0.15, 0.2) is 0 Å². The second-order valence-corrected chi connectivity index (χ2v) is 4.70. The van der Waals surface area contributed by atoms with E-state index < -0.39 is 0 Å². The first-order valence-electron chi connectivity index (χ1n) is 6.72. The van der Waals surface area contributed by atoms with Gasteiger partial charge in [0.25, 0.3) is 5.91 Å². The maximum atomic E-state index is 12.2. The fraction of sp³-hybridized carbons (Fsp3) is 0.533. The van der Waals surface area contributed by atoms with Gasteiger partial charge in [-0.25, -0.2) is 0 Å². The van der Waals surface area contributed by atoms with Gasteiger partial charge in [0.05, 0.1) is 0 Å². The standard InChI is InChI=1S/C15H24N2O.ClH/c1-4-15(5-2,6-3)17-14(18)13-9-7-12(11-16)8-10-13;/h7-10H,4-6,11,16H2,1-3H3,(H,17,18);1H. The second kappa shape index (κ2) is 8.18. The van der Waals surface area contributed by atoms with Gasteiger partial charge in [-0.05, 0) is 37.0 Å².